The summed E-state index contributed by atoms with van der Waals surface area (Å²) in [6.07, 6.45) is 1.17. The molecule has 0 saturated carbocycles. The summed E-state index contributed by atoms with van der Waals surface area (Å²) in [5.74, 6) is 0.0406. The highest BCUT2D eigenvalue weighted by molar-refractivity contribution is 7.89. The fourth-order valence-corrected chi connectivity index (χ4v) is 11.5. The molecule has 12 heteroatoms. The Kier molecular flexibility index (Phi) is 7.42. The Balaban J connectivity index is 1.31. The quantitative estimate of drug-likeness (QED) is 0.402. The lowest BCUT2D eigenvalue weighted by Gasteiger charge is -2.46. The second kappa shape index (κ2) is 11.0. The van der Waals surface area contributed by atoms with Gasteiger partial charge in [-0.3, -0.25) is 0 Å². The molecule has 2 atom stereocenters. The predicted octanol–water partition coefficient (Wildman–Crippen LogP) is 3.72. The van der Waals surface area contributed by atoms with E-state index in [0.29, 0.717) is 25.9 Å². The molecule has 0 N–H and O–H groups in total. The monoisotopic (exact) mass is 651 g/mol. The van der Waals surface area contributed by atoms with E-state index in [1.807, 2.05) is 0 Å². The predicted molar refractivity (Wildman–Crippen MR) is 166 cm³/mol. The summed E-state index contributed by atoms with van der Waals surface area (Å²) in [4.78, 5) is 0.655. The molecule has 1 aliphatic carbocycles. The van der Waals surface area contributed by atoms with Crippen LogP contribution in [0.2, 0.25) is 0 Å². The van der Waals surface area contributed by atoms with E-state index in [9.17, 15) is 25.3 Å². The molecule has 0 amide bonds. The zero-order valence-corrected chi connectivity index (χ0v) is 26.4. The molecule has 3 aliphatic heterocycles. The van der Waals surface area contributed by atoms with Crippen LogP contribution in [0.5, 0.6) is 0 Å². The molecule has 7 rings (SSSR count). The van der Waals surface area contributed by atoms with Crippen LogP contribution in [0.1, 0.15) is 12.8 Å². The third-order valence-electron chi connectivity index (χ3n) is 9.40. The Hall–Kier alpha value is -3.13. The number of benzene rings is 3. The number of hydrogen-bond acceptors (Lipinski definition) is 6. The first-order chi connectivity index (χ1) is 21.1. The van der Waals surface area contributed by atoms with E-state index in [1.165, 1.54) is 12.9 Å². The molecule has 3 saturated heterocycles. The van der Waals surface area contributed by atoms with Gasteiger partial charge in [-0.05, 0) is 83.4 Å². The van der Waals surface area contributed by atoms with E-state index in [4.69, 9.17) is 0 Å². The molecule has 0 aromatic heterocycles. The Morgan fingerprint density at radius 2 is 0.750 bits per heavy atom. The number of hydrogen-bond donors (Lipinski definition) is 0. The molecule has 3 aromatic rings. The standard InChI is InChI=1S/C32H33N3O6S3/c36-42(37,24-10-4-1-5-11-24)33-18-16-27-28-17-19-34(43(38,39)25-12-6-2-7-13-25)21-30(28)32-23-35(22-31(32)29(27)20-33)44(40,41)26-14-8-3-9-15-26/h1-15,27-28H,16-23H2/t27-,28-/m0/s1. The zero-order valence-electron chi connectivity index (χ0n) is 24.0. The average molecular weight is 652 g/mol. The first-order valence-corrected chi connectivity index (χ1v) is 19.0. The maximum Gasteiger partial charge on any atom is 0.243 e. The van der Waals surface area contributed by atoms with Crippen molar-refractivity contribution in [1.29, 1.82) is 0 Å². The van der Waals surface area contributed by atoms with Gasteiger partial charge in [0.2, 0.25) is 30.1 Å². The number of piperidine rings is 2. The smallest absolute Gasteiger partial charge is 0.207 e. The van der Waals surface area contributed by atoms with Crippen LogP contribution in [0.25, 0.3) is 0 Å². The zero-order chi connectivity index (χ0) is 30.7. The van der Waals surface area contributed by atoms with Gasteiger partial charge in [0.25, 0.3) is 0 Å². The van der Waals surface area contributed by atoms with Crippen molar-refractivity contribution in [2.45, 2.75) is 27.5 Å². The SMILES string of the molecule is O=S(=O)(c1ccccc1)N1CC2=C3CN(S(=O)(=O)c4ccccc4)CC[C@H]3[C@@H]3CCN(S(=O)(=O)c4ccccc4)CC3=C2C1. The molecule has 230 valence electrons. The van der Waals surface area contributed by atoms with Crippen LogP contribution >= 0.6 is 0 Å². The fourth-order valence-electron chi connectivity index (χ4n) is 7.21. The van der Waals surface area contributed by atoms with Gasteiger partial charge in [0.05, 0.1) is 14.7 Å². The lowest BCUT2D eigenvalue weighted by atomic mass is 9.67. The fraction of sp³-hybridized carbons (Fsp3) is 0.312. The summed E-state index contributed by atoms with van der Waals surface area (Å²) in [5.41, 5.74) is 3.61. The number of rotatable bonds is 6. The number of sulfonamides is 3. The van der Waals surface area contributed by atoms with Gasteiger partial charge in [0.15, 0.2) is 0 Å². The van der Waals surface area contributed by atoms with E-state index < -0.39 is 30.1 Å². The summed E-state index contributed by atoms with van der Waals surface area (Å²) < 4.78 is 86.6. The number of fused-ring (bicyclic) bond motifs is 4. The lowest BCUT2D eigenvalue weighted by Crippen LogP contribution is -2.48. The van der Waals surface area contributed by atoms with Crippen molar-refractivity contribution < 1.29 is 25.3 Å². The molecule has 3 fully saturated rings. The van der Waals surface area contributed by atoms with E-state index >= 15 is 0 Å². The highest BCUT2D eigenvalue weighted by atomic mass is 32.2. The van der Waals surface area contributed by atoms with Crippen LogP contribution in [-0.4, -0.2) is 77.4 Å². The molecule has 4 aliphatic rings. The van der Waals surface area contributed by atoms with Crippen LogP contribution in [0.4, 0.5) is 0 Å². The van der Waals surface area contributed by atoms with Crippen LogP contribution in [-0.2, 0) is 30.1 Å². The highest BCUT2D eigenvalue weighted by Crippen LogP contribution is 2.50. The molecule has 3 heterocycles. The van der Waals surface area contributed by atoms with Gasteiger partial charge < -0.3 is 0 Å². The Labute approximate surface area is 259 Å². The molecule has 9 nitrogen and oxygen atoms in total. The number of nitrogens with zero attached hydrogens (tertiary/aromatic N) is 3. The Morgan fingerprint density at radius 1 is 0.432 bits per heavy atom. The molecular formula is C32H33N3O6S3. The van der Waals surface area contributed by atoms with E-state index in [0.717, 1.165) is 22.3 Å². The second-order valence-electron chi connectivity index (χ2n) is 11.7. The third kappa shape index (κ3) is 4.88. The molecule has 0 radical (unpaired) electrons. The minimum Gasteiger partial charge on any atom is -0.207 e. The maximum absolute atomic E-state index is 13.8. The minimum atomic E-state index is -3.84. The normalized spacial score (nSPS) is 23.7. The van der Waals surface area contributed by atoms with Gasteiger partial charge in [0.1, 0.15) is 0 Å². The van der Waals surface area contributed by atoms with E-state index in [1.54, 1.807) is 91.0 Å². The van der Waals surface area contributed by atoms with Gasteiger partial charge >= 0.3 is 0 Å². The summed E-state index contributed by atoms with van der Waals surface area (Å²) in [7, 11) is -11.3. The largest absolute Gasteiger partial charge is 0.243 e. The van der Waals surface area contributed by atoms with Crippen molar-refractivity contribution in [3.05, 3.63) is 113 Å². The van der Waals surface area contributed by atoms with Crippen LogP contribution in [0.3, 0.4) is 0 Å². The summed E-state index contributed by atoms with van der Waals surface area (Å²) in [6, 6.07) is 25.0. The summed E-state index contributed by atoms with van der Waals surface area (Å²) >= 11 is 0. The lowest BCUT2D eigenvalue weighted by molar-refractivity contribution is 0.233. The molecule has 0 bridgehead atoms. The van der Waals surface area contributed by atoms with Crippen molar-refractivity contribution in [2.75, 3.05) is 39.3 Å². The van der Waals surface area contributed by atoms with Crippen molar-refractivity contribution in [2.24, 2.45) is 11.8 Å². The molecular weight excluding hydrogens is 619 g/mol. The molecule has 0 unspecified atom stereocenters. The minimum absolute atomic E-state index is 0.0203. The third-order valence-corrected chi connectivity index (χ3v) is 14.9. The molecule has 3 aromatic carbocycles. The summed E-state index contributed by atoms with van der Waals surface area (Å²) in [6.45, 7) is 1.32. The molecule has 0 spiro atoms. The Morgan fingerprint density at radius 3 is 1.09 bits per heavy atom. The molecule has 44 heavy (non-hydrogen) atoms. The Bertz CT molecular complexity index is 1870. The summed E-state index contributed by atoms with van der Waals surface area (Å²) in [5, 5.41) is 0. The van der Waals surface area contributed by atoms with Crippen molar-refractivity contribution in [3.8, 4) is 0 Å². The van der Waals surface area contributed by atoms with Gasteiger partial charge in [-0.1, -0.05) is 54.6 Å². The van der Waals surface area contributed by atoms with Gasteiger partial charge in [-0.25, -0.2) is 25.3 Å². The van der Waals surface area contributed by atoms with Gasteiger partial charge in [0, 0.05) is 39.3 Å². The van der Waals surface area contributed by atoms with Crippen LogP contribution in [0, 0.1) is 11.8 Å². The topological polar surface area (TPSA) is 112 Å². The van der Waals surface area contributed by atoms with Crippen molar-refractivity contribution in [3.63, 3.8) is 0 Å². The van der Waals surface area contributed by atoms with Gasteiger partial charge in [-0.2, -0.15) is 12.9 Å². The average Bonchev–Trinajstić information content (AvgIpc) is 3.53. The maximum atomic E-state index is 13.8. The van der Waals surface area contributed by atoms with Gasteiger partial charge in [-0.15, -0.1) is 0 Å². The van der Waals surface area contributed by atoms with E-state index in [2.05, 4.69) is 0 Å². The van der Waals surface area contributed by atoms with Crippen LogP contribution < -0.4 is 0 Å². The first-order valence-electron chi connectivity index (χ1n) is 14.7. The van der Waals surface area contributed by atoms with Crippen molar-refractivity contribution in [1.82, 2.24) is 12.9 Å². The highest BCUT2D eigenvalue weighted by Gasteiger charge is 2.48. The first kappa shape index (κ1) is 29.6. The van der Waals surface area contributed by atoms with Crippen LogP contribution in [0.15, 0.2) is 128 Å². The van der Waals surface area contributed by atoms with Crippen molar-refractivity contribution >= 4 is 30.1 Å². The second-order valence-corrected chi connectivity index (χ2v) is 17.5. The van der Waals surface area contributed by atoms with E-state index in [-0.39, 0.29) is 52.7 Å².